The Hall–Kier alpha value is -2.09. The average Bonchev–Trinajstić information content (AvgIpc) is 3.26. The predicted octanol–water partition coefficient (Wildman–Crippen LogP) is 2.84. The molecule has 11 atom stereocenters. The summed E-state index contributed by atoms with van der Waals surface area (Å²) in [4.78, 5) is 36.0. The topological polar surface area (TPSA) is 214 Å². The molecule has 4 rings (SSSR count). The number of hydrogen-bond donors (Lipinski definition) is 8. The quantitative estimate of drug-likeness (QED) is 0.103. The van der Waals surface area contributed by atoms with Crippen LogP contribution >= 0.6 is 0 Å². The van der Waals surface area contributed by atoms with Crippen molar-refractivity contribution in [2.75, 3.05) is 13.2 Å². The number of hydrogen-bond acceptors (Lipinski definition) is 10. The van der Waals surface area contributed by atoms with Crippen LogP contribution in [0.1, 0.15) is 120 Å². The lowest BCUT2D eigenvalue weighted by Crippen LogP contribution is -2.62. The lowest BCUT2D eigenvalue weighted by atomic mass is 9.42. The monoisotopic (exact) mass is 709 g/mol. The van der Waals surface area contributed by atoms with Crippen LogP contribution in [0.5, 0.6) is 0 Å². The normalized spacial score (nSPS) is 37.4. The van der Waals surface area contributed by atoms with E-state index in [9.17, 15) is 45.0 Å². The van der Waals surface area contributed by atoms with Crippen molar-refractivity contribution in [1.29, 1.82) is 0 Å². The molecule has 2 saturated carbocycles. The molecule has 0 aromatic heterocycles. The van der Waals surface area contributed by atoms with Gasteiger partial charge in [-0.2, -0.15) is 0 Å². The Kier molecular flexibility index (Phi) is 11.4. The van der Waals surface area contributed by atoms with Gasteiger partial charge in [0, 0.05) is 17.4 Å². The fourth-order valence-electron chi connectivity index (χ4n) is 11.1. The minimum Gasteiger partial charge on any atom is -0.480 e. The van der Waals surface area contributed by atoms with E-state index in [4.69, 9.17) is 9.84 Å². The van der Waals surface area contributed by atoms with Crippen molar-refractivity contribution in [2.45, 2.75) is 155 Å². The van der Waals surface area contributed by atoms with E-state index in [-0.39, 0.29) is 29.8 Å². The highest BCUT2D eigenvalue weighted by atomic mass is 16.6. The number of carbonyl (C=O) groups is 3. The molecule has 0 radical (unpaired) electrons. The van der Waals surface area contributed by atoms with E-state index < -0.39 is 89.1 Å². The summed E-state index contributed by atoms with van der Waals surface area (Å²) < 4.78 is 5.91. The predicted molar refractivity (Wildman–Crippen MR) is 184 cm³/mol. The Balaban J connectivity index is 1.55. The van der Waals surface area contributed by atoms with Crippen molar-refractivity contribution in [1.82, 2.24) is 5.32 Å². The number of rotatable bonds is 13. The Morgan fingerprint density at radius 3 is 2.20 bits per heavy atom. The van der Waals surface area contributed by atoms with Crippen LogP contribution in [-0.2, 0) is 19.1 Å². The van der Waals surface area contributed by atoms with E-state index in [1.165, 1.54) is 18.1 Å². The number of esters is 1. The van der Waals surface area contributed by atoms with Gasteiger partial charge in [-0.1, -0.05) is 45.8 Å². The summed E-state index contributed by atoms with van der Waals surface area (Å²) in [6, 6.07) is 0. The zero-order valence-electron chi connectivity index (χ0n) is 31.3. The minimum absolute atomic E-state index is 0.00290. The Morgan fingerprint density at radius 1 is 0.980 bits per heavy atom. The van der Waals surface area contributed by atoms with E-state index in [0.29, 0.717) is 25.7 Å². The fraction of sp³-hybridized carbons (Fsp3) is 0.868. The summed E-state index contributed by atoms with van der Waals surface area (Å²) >= 11 is 0. The second-order valence-corrected chi connectivity index (χ2v) is 18.2. The molecule has 4 aliphatic carbocycles. The van der Waals surface area contributed by atoms with Gasteiger partial charge in [0.05, 0.1) is 42.4 Å². The summed E-state index contributed by atoms with van der Waals surface area (Å²) in [6.07, 6.45) is 0.358. The second kappa shape index (κ2) is 14.0. The van der Waals surface area contributed by atoms with Crippen LogP contribution in [0.15, 0.2) is 11.1 Å². The standard InChI is InChI=1S/C38H63NO11/c1-33(2)26-11-10-23-24(15-28(43)38(8)22(13-14-37(23,38)7)21(20-40)9-12-27(42)34(3,4)48)36(26,6)16-25(41)32(33)50-31(47)18-35(5,49)17-29(44)39-19-30(45)46/h21-22,25-28,32,40-43,48-49H,9-20H2,1-8H3,(H,39,44)(H,45,46)/t21-,22+,25+,26?,27+,28-,32-,35?,36+,37-,38-/m0/s1. The SMILES string of the molecule is CC(O)(CC(=O)NCC(=O)O)CC(=O)O[C@H]1[C@H](O)C[C@]2(C)C3=C(CCC2C1(C)C)[C@]1(C)CC[C@H]([C@H](CO)CC[C@@H](O)C(C)(C)O)[C@@]1(C)[C@@H](O)C3. The molecule has 4 aliphatic rings. The lowest BCUT2D eigenvalue weighted by molar-refractivity contribution is -0.198. The van der Waals surface area contributed by atoms with Crippen molar-refractivity contribution < 1.29 is 54.9 Å². The number of aliphatic carboxylic acids is 1. The number of nitrogens with one attached hydrogen (secondary N) is 1. The van der Waals surface area contributed by atoms with Crippen LogP contribution < -0.4 is 5.32 Å². The van der Waals surface area contributed by atoms with E-state index in [2.05, 4.69) is 26.1 Å². The first-order chi connectivity index (χ1) is 22.8. The van der Waals surface area contributed by atoms with E-state index in [1.807, 2.05) is 13.8 Å². The van der Waals surface area contributed by atoms with Gasteiger partial charge in [0.1, 0.15) is 12.6 Å². The van der Waals surface area contributed by atoms with Crippen LogP contribution in [-0.4, -0.2) is 102 Å². The van der Waals surface area contributed by atoms with Crippen LogP contribution in [0.3, 0.4) is 0 Å². The van der Waals surface area contributed by atoms with Gasteiger partial charge in [-0.25, -0.2) is 0 Å². The number of carbonyl (C=O) groups excluding carboxylic acids is 2. The zero-order valence-corrected chi connectivity index (χ0v) is 31.3. The molecule has 8 N–H and O–H groups in total. The molecule has 286 valence electrons. The number of aliphatic hydroxyl groups is 6. The third-order valence-electron chi connectivity index (χ3n) is 14.0. The summed E-state index contributed by atoms with van der Waals surface area (Å²) in [5.74, 6) is -2.84. The maximum absolute atomic E-state index is 13.2. The number of aliphatic hydroxyl groups excluding tert-OH is 4. The van der Waals surface area contributed by atoms with Crippen LogP contribution in [0, 0.1) is 39.4 Å². The maximum atomic E-state index is 13.2. The van der Waals surface area contributed by atoms with E-state index in [1.54, 1.807) is 13.8 Å². The molecular formula is C38H63NO11. The summed E-state index contributed by atoms with van der Waals surface area (Å²) in [5.41, 5.74) is -2.56. The van der Waals surface area contributed by atoms with Gasteiger partial charge in [0.15, 0.2) is 0 Å². The molecule has 0 aromatic rings. The number of carboxylic acid groups (broad SMARTS) is 1. The highest BCUT2D eigenvalue weighted by Gasteiger charge is 2.67. The van der Waals surface area contributed by atoms with Crippen molar-refractivity contribution in [2.24, 2.45) is 39.4 Å². The third kappa shape index (κ3) is 7.26. The molecule has 0 spiro atoms. The molecule has 2 unspecified atom stereocenters. The second-order valence-electron chi connectivity index (χ2n) is 18.2. The van der Waals surface area contributed by atoms with E-state index in [0.717, 1.165) is 25.7 Å². The largest absolute Gasteiger partial charge is 0.480 e. The van der Waals surface area contributed by atoms with Crippen molar-refractivity contribution in [3.63, 3.8) is 0 Å². The number of allylic oxidation sites excluding steroid dienone is 1. The Morgan fingerprint density at radius 2 is 1.62 bits per heavy atom. The van der Waals surface area contributed by atoms with Crippen molar-refractivity contribution in [3.8, 4) is 0 Å². The molecular weight excluding hydrogens is 646 g/mol. The highest BCUT2D eigenvalue weighted by Crippen LogP contribution is 2.72. The molecule has 0 saturated heterocycles. The van der Waals surface area contributed by atoms with Crippen LogP contribution in [0.25, 0.3) is 0 Å². The molecule has 0 aromatic carbocycles. The van der Waals surface area contributed by atoms with Crippen molar-refractivity contribution in [3.05, 3.63) is 11.1 Å². The minimum atomic E-state index is -1.79. The first-order valence-corrected chi connectivity index (χ1v) is 18.4. The van der Waals surface area contributed by atoms with Gasteiger partial charge in [0.25, 0.3) is 0 Å². The number of amides is 1. The Labute approximate surface area is 296 Å². The van der Waals surface area contributed by atoms with Gasteiger partial charge in [0.2, 0.25) is 5.91 Å². The molecule has 2 fully saturated rings. The average molecular weight is 710 g/mol. The Bertz CT molecular complexity index is 1340. The lowest BCUT2D eigenvalue weighted by Gasteiger charge is -2.64. The molecule has 0 heterocycles. The molecule has 0 bridgehead atoms. The molecule has 50 heavy (non-hydrogen) atoms. The summed E-state index contributed by atoms with van der Waals surface area (Å²) in [7, 11) is 0. The molecule has 0 aliphatic heterocycles. The van der Waals surface area contributed by atoms with Crippen LogP contribution in [0.2, 0.25) is 0 Å². The molecule has 12 heteroatoms. The van der Waals surface area contributed by atoms with Gasteiger partial charge in [-0.05, 0) is 101 Å². The number of carboxylic acids is 1. The van der Waals surface area contributed by atoms with Crippen LogP contribution in [0.4, 0.5) is 0 Å². The highest BCUT2D eigenvalue weighted by molar-refractivity contribution is 5.82. The first-order valence-electron chi connectivity index (χ1n) is 18.4. The number of ether oxygens (including phenoxy) is 1. The van der Waals surface area contributed by atoms with Crippen molar-refractivity contribution >= 4 is 17.8 Å². The first kappa shape index (κ1) is 40.7. The fourth-order valence-corrected chi connectivity index (χ4v) is 11.1. The molecule has 12 nitrogen and oxygen atoms in total. The van der Waals surface area contributed by atoms with Gasteiger partial charge < -0.3 is 45.8 Å². The number of fused-ring (bicyclic) bond motifs is 4. The smallest absolute Gasteiger partial charge is 0.322 e. The maximum Gasteiger partial charge on any atom is 0.322 e. The van der Waals surface area contributed by atoms with Gasteiger partial charge in [-0.15, -0.1) is 0 Å². The van der Waals surface area contributed by atoms with Gasteiger partial charge >= 0.3 is 11.9 Å². The third-order valence-corrected chi connectivity index (χ3v) is 14.0. The summed E-state index contributed by atoms with van der Waals surface area (Å²) in [6.45, 7) is 14.3. The van der Waals surface area contributed by atoms with Gasteiger partial charge in [-0.3, -0.25) is 14.4 Å². The molecule has 1 amide bonds. The summed E-state index contributed by atoms with van der Waals surface area (Å²) in [5, 5.41) is 76.9. The van der Waals surface area contributed by atoms with E-state index >= 15 is 0 Å². The zero-order chi connectivity index (χ0) is 37.8.